The number of likely N-dealkylation sites (N-methyl/N-ethyl adjacent to an activating group) is 1. The van der Waals surface area contributed by atoms with Crippen molar-refractivity contribution >= 4 is 16.9 Å². The summed E-state index contributed by atoms with van der Waals surface area (Å²) in [4.78, 5) is 28.9. The van der Waals surface area contributed by atoms with Crippen molar-refractivity contribution in [1.29, 1.82) is 0 Å². The number of hydrogen-bond acceptors (Lipinski definition) is 3. The van der Waals surface area contributed by atoms with E-state index in [1.807, 2.05) is 45.9 Å². The van der Waals surface area contributed by atoms with Crippen LogP contribution >= 0.6 is 0 Å². The highest BCUT2D eigenvalue weighted by Crippen LogP contribution is 2.18. The number of amides is 1. The Hall–Kier alpha value is -2.08. The summed E-state index contributed by atoms with van der Waals surface area (Å²) in [6, 6.07) is 5.47. The molecule has 0 saturated heterocycles. The predicted molar refractivity (Wildman–Crippen MR) is 83.2 cm³/mol. The minimum absolute atomic E-state index is 0.0560. The summed E-state index contributed by atoms with van der Waals surface area (Å²) >= 11 is 0. The van der Waals surface area contributed by atoms with Gasteiger partial charge in [-0.05, 0) is 45.0 Å². The molecule has 1 heterocycles. The van der Waals surface area contributed by atoms with Crippen molar-refractivity contribution in [2.75, 3.05) is 6.54 Å². The fraction of sp³-hybridized carbons (Fsp3) is 0.467. The van der Waals surface area contributed by atoms with Gasteiger partial charge in [0, 0.05) is 0 Å². The molecule has 0 spiro atoms. The number of rotatable bonds is 5. The molecule has 1 unspecified atom stereocenters. The van der Waals surface area contributed by atoms with E-state index in [0.717, 1.165) is 23.1 Å². The monoisotopic (exact) mass is 290 g/mol. The molecule has 1 aromatic carbocycles. The van der Waals surface area contributed by atoms with Crippen LogP contribution in [0.15, 0.2) is 23.0 Å². The number of nitrogens with one attached hydrogen (secondary N) is 4. The zero-order valence-electron chi connectivity index (χ0n) is 12.8. The van der Waals surface area contributed by atoms with Crippen LogP contribution in [0.3, 0.4) is 0 Å². The molecule has 6 nitrogen and oxygen atoms in total. The van der Waals surface area contributed by atoms with Gasteiger partial charge in [0.15, 0.2) is 0 Å². The Labute approximate surface area is 123 Å². The van der Waals surface area contributed by atoms with Gasteiger partial charge < -0.3 is 20.6 Å². The number of aromatic nitrogens is 2. The topological polar surface area (TPSA) is 89.8 Å². The van der Waals surface area contributed by atoms with Crippen molar-refractivity contribution < 1.29 is 4.79 Å². The van der Waals surface area contributed by atoms with Crippen molar-refractivity contribution in [3.8, 4) is 0 Å². The third-order valence-electron chi connectivity index (χ3n) is 3.57. The van der Waals surface area contributed by atoms with Crippen molar-refractivity contribution in [3.63, 3.8) is 0 Å². The maximum absolute atomic E-state index is 12.3. The van der Waals surface area contributed by atoms with Crippen LogP contribution in [0.4, 0.5) is 0 Å². The van der Waals surface area contributed by atoms with E-state index in [1.54, 1.807) is 0 Å². The lowest BCUT2D eigenvalue weighted by molar-refractivity contribution is -0.127. The van der Waals surface area contributed by atoms with Gasteiger partial charge in [0.2, 0.25) is 5.91 Å². The number of carbonyl (C=O) groups is 1. The number of benzene rings is 1. The number of hydrogen-bond donors (Lipinski definition) is 4. The van der Waals surface area contributed by atoms with Crippen molar-refractivity contribution in [2.45, 2.75) is 39.3 Å². The molecule has 0 radical (unpaired) electrons. The largest absolute Gasteiger partial charge is 0.348 e. The molecule has 21 heavy (non-hydrogen) atoms. The van der Waals surface area contributed by atoms with E-state index in [1.165, 1.54) is 0 Å². The van der Waals surface area contributed by atoms with Crippen LogP contribution in [0.25, 0.3) is 11.0 Å². The summed E-state index contributed by atoms with van der Waals surface area (Å²) in [5.74, 6) is -0.0560. The highest BCUT2D eigenvalue weighted by atomic mass is 16.2. The second-order valence-corrected chi connectivity index (χ2v) is 5.73. The van der Waals surface area contributed by atoms with E-state index >= 15 is 0 Å². The first-order chi connectivity index (χ1) is 9.83. The van der Waals surface area contributed by atoms with Gasteiger partial charge in [-0.1, -0.05) is 13.0 Å². The lowest BCUT2D eigenvalue weighted by atomic mass is 10.0. The Morgan fingerprint density at radius 2 is 1.95 bits per heavy atom. The summed E-state index contributed by atoms with van der Waals surface area (Å²) < 4.78 is 0. The Bertz CT molecular complexity index is 699. The van der Waals surface area contributed by atoms with Crippen LogP contribution < -0.4 is 16.3 Å². The minimum atomic E-state index is -0.616. The molecule has 2 rings (SSSR count). The van der Waals surface area contributed by atoms with E-state index in [0.29, 0.717) is 0 Å². The molecule has 0 aliphatic carbocycles. The quantitative estimate of drug-likeness (QED) is 0.671. The number of fused-ring (bicyclic) bond motifs is 1. The van der Waals surface area contributed by atoms with Gasteiger partial charge in [0.1, 0.15) is 0 Å². The molecule has 0 fully saturated rings. The number of imidazole rings is 1. The molecule has 0 aliphatic heterocycles. The lowest BCUT2D eigenvalue weighted by Gasteiger charge is -2.27. The van der Waals surface area contributed by atoms with Crippen LogP contribution in [-0.2, 0) is 4.79 Å². The standard InChI is InChI=1S/C15H22N4O2/c1-5-16-15(3,4)13(20)17-9(2)10-6-7-11-12(8-10)19-14(21)18-11/h6-9,16H,5H2,1-4H3,(H,17,20)(H2,18,19,21). The SMILES string of the molecule is CCNC(C)(C)C(=O)NC(C)c1ccc2[nH]c(=O)[nH]c2c1. The Morgan fingerprint density at radius 3 is 2.62 bits per heavy atom. The average Bonchev–Trinajstić information content (AvgIpc) is 2.77. The van der Waals surface area contributed by atoms with E-state index in [4.69, 9.17) is 0 Å². The Balaban J connectivity index is 2.16. The van der Waals surface area contributed by atoms with Gasteiger partial charge in [-0.25, -0.2) is 4.79 Å². The molecule has 6 heteroatoms. The molecule has 2 aromatic rings. The summed E-state index contributed by atoms with van der Waals surface area (Å²) in [5.41, 5.74) is 1.60. The van der Waals surface area contributed by atoms with Crippen LogP contribution in [0.1, 0.15) is 39.3 Å². The number of carbonyl (C=O) groups excluding carboxylic acids is 1. The van der Waals surface area contributed by atoms with Gasteiger partial charge in [-0.15, -0.1) is 0 Å². The average molecular weight is 290 g/mol. The molecule has 1 atom stereocenters. The first kappa shape index (κ1) is 15.3. The summed E-state index contributed by atoms with van der Waals surface area (Å²) in [5, 5.41) is 6.14. The van der Waals surface area contributed by atoms with Crippen LogP contribution in [0.5, 0.6) is 0 Å². The fourth-order valence-electron chi connectivity index (χ4n) is 2.30. The molecule has 4 N–H and O–H groups in total. The van der Waals surface area contributed by atoms with Gasteiger partial charge >= 0.3 is 5.69 Å². The normalized spacial score (nSPS) is 13.3. The van der Waals surface area contributed by atoms with E-state index in [2.05, 4.69) is 20.6 Å². The summed E-state index contributed by atoms with van der Waals surface area (Å²) in [6.07, 6.45) is 0. The van der Waals surface area contributed by atoms with Gasteiger partial charge in [-0.3, -0.25) is 4.79 Å². The van der Waals surface area contributed by atoms with Crippen molar-refractivity contribution in [3.05, 3.63) is 34.2 Å². The number of H-pyrrole nitrogens is 2. The van der Waals surface area contributed by atoms with E-state index < -0.39 is 5.54 Å². The molecule has 0 saturated carbocycles. The molecular weight excluding hydrogens is 268 g/mol. The summed E-state index contributed by atoms with van der Waals surface area (Å²) in [7, 11) is 0. The first-order valence-corrected chi connectivity index (χ1v) is 7.11. The highest BCUT2D eigenvalue weighted by Gasteiger charge is 2.27. The van der Waals surface area contributed by atoms with Gasteiger partial charge in [-0.2, -0.15) is 0 Å². The molecule has 1 aromatic heterocycles. The third-order valence-corrected chi connectivity index (χ3v) is 3.57. The van der Waals surface area contributed by atoms with E-state index in [9.17, 15) is 9.59 Å². The molecule has 114 valence electrons. The maximum atomic E-state index is 12.3. The van der Waals surface area contributed by atoms with Crippen molar-refractivity contribution in [2.24, 2.45) is 0 Å². The van der Waals surface area contributed by atoms with Crippen LogP contribution in [-0.4, -0.2) is 28.0 Å². The predicted octanol–water partition coefficient (Wildman–Crippen LogP) is 1.42. The minimum Gasteiger partial charge on any atom is -0.348 e. The Morgan fingerprint density at radius 1 is 1.29 bits per heavy atom. The fourth-order valence-corrected chi connectivity index (χ4v) is 2.30. The third kappa shape index (κ3) is 3.33. The van der Waals surface area contributed by atoms with Crippen molar-refractivity contribution in [1.82, 2.24) is 20.6 Å². The lowest BCUT2D eigenvalue weighted by Crippen LogP contribution is -2.52. The Kier molecular flexibility index (Phi) is 4.18. The van der Waals surface area contributed by atoms with Crippen LogP contribution in [0, 0.1) is 0 Å². The van der Waals surface area contributed by atoms with Gasteiger partial charge in [0.25, 0.3) is 0 Å². The molecular formula is C15H22N4O2. The second-order valence-electron chi connectivity index (χ2n) is 5.73. The number of aromatic amines is 2. The van der Waals surface area contributed by atoms with Gasteiger partial charge in [0.05, 0.1) is 22.6 Å². The zero-order chi connectivity index (χ0) is 15.6. The highest BCUT2D eigenvalue weighted by molar-refractivity contribution is 5.86. The summed E-state index contributed by atoms with van der Waals surface area (Å²) in [6.45, 7) is 8.32. The molecule has 0 bridgehead atoms. The molecule has 1 amide bonds. The van der Waals surface area contributed by atoms with Crippen LogP contribution in [0.2, 0.25) is 0 Å². The second kappa shape index (κ2) is 5.73. The first-order valence-electron chi connectivity index (χ1n) is 7.11. The molecule has 0 aliphatic rings. The van der Waals surface area contributed by atoms with E-state index in [-0.39, 0.29) is 17.6 Å². The maximum Gasteiger partial charge on any atom is 0.323 e. The zero-order valence-corrected chi connectivity index (χ0v) is 12.8. The smallest absolute Gasteiger partial charge is 0.323 e.